The van der Waals surface area contributed by atoms with Crippen LogP contribution in [0.5, 0.6) is 0 Å². The third-order valence-electron chi connectivity index (χ3n) is 9.98. The van der Waals surface area contributed by atoms with Gasteiger partial charge in [-0.1, -0.05) is 49.6 Å². The monoisotopic (exact) mass is 487 g/mol. The number of urea groups is 1. The lowest BCUT2D eigenvalue weighted by Crippen LogP contribution is -2.56. The number of benzene rings is 1. The molecule has 1 saturated heterocycles. The van der Waals surface area contributed by atoms with Crippen LogP contribution in [0.15, 0.2) is 42.6 Å². The lowest BCUT2D eigenvalue weighted by molar-refractivity contribution is 0.0172. The molecule has 3 aliphatic carbocycles. The van der Waals surface area contributed by atoms with Gasteiger partial charge in [0.2, 0.25) is 0 Å². The number of rotatable bonds is 6. The summed E-state index contributed by atoms with van der Waals surface area (Å²) in [5.41, 5.74) is 1.31. The first-order valence-corrected chi connectivity index (χ1v) is 14.2. The van der Waals surface area contributed by atoms with E-state index >= 15 is 0 Å². The number of hydrogen-bond donors (Lipinski definition) is 0. The van der Waals surface area contributed by atoms with E-state index in [1.54, 1.807) is 0 Å². The molecular formula is C30H41N5O. The van der Waals surface area contributed by atoms with E-state index in [0.29, 0.717) is 11.8 Å². The summed E-state index contributed by atoms with van der Waals surface area (Å²) in [5, 5.41) is 0. The van der Waals surface area contributed by atoms with Gasteiger partial charge in [0.1, 0.15) is 11.6 Å². The highest BCUT2D eigenvalue weighted by Crippen LogP contribution is 2.50. The number of carbonyl (C=O) groups is 1. The molecule has 1 spiro atoms. The number of nitrogens with zero attached hydrogens (tertiary/aromatic N) is 5. The van der Waals surface area contributed by atoms with Gasteiger partial charge in [-0.3, -0.25) is 9.80 Å². The molecule has 0 unspecified atom stereocenters. The average molecular weight is 488 g/mol. The maximum atomic E-state index is 14.0. The summed E-state index contributed by atoms with van der Waals surface area (Å²) < 4.78 is 0. The summed E-state index contributed by atoms with van der Waals surface area (Å²) in [6, 6.07) is 13.1. The second-order valence-electron chi connectivity index (χ2n) is 12.0. The van der Waals surface area contributed by atoms with Gasteiger partial charge in [0.05, 0.1) is 12.1 Å². The van der Waals surface area contributed by atoms with Gasteiger partial charge >= 0.3 is 6.03 Å². The molecule has 4 fully saturated rings. The molecule has 1 aliphatic heterocycles. The first-order valence-electron chi connectivity index (χ1n) is 14.2. The number of amides is 2. The smallest absolute Gasteiger partial charge is 0.317 e. The summed E-state index contributed by atoms with van der Waals surface area (Å²) in [7, 11) is 4.43. The number of anilines is 1. The number of carbonyl (C=O) groups excluding carboxylic acids is 1. The van der Waals surface area contributed by atoms with Crippen LogP contribution in [0, 0.1) is 5.92 Å². The van der Waals surface area contributed by atoms with Gasteiger partial charge in [-0.2, -0.15) is 0 Å². The Kier molecular flexibility index (Phi) is 6.27. The van der Waals surface area contributed by atoms with Crippen molar-refractivity contribution in [2.24, 2.45) is 5.92 Å². The van der Waals surface area contributed by atoms with Crippen molar-refractivity contribution in [3.8, 4) is 0 Å². The number of hydrogen-bond acceptors (Lipinski definition) is 4. The highest BCUT2D eigenvalue weighted by molar-refractivity contribution is 5.94. The molecule has 1 aromatic heterocycles. The second-order valence-corrected chi connectivity index (χ2v) is 12.0. The van der Waals surface area contributed by atoms with Crippen molar-refractivity contribution in [2.45, 2.75) is 87.6 Å². The molecule has 6 heteroatoms. The zero-order chi connectivity index (χ0) is 24.8. The minimum absolute atomic E-state index is 0.0235. The first-order chi connectivity index (χ1) is 17.5. The maximum Gasteiger partial charge on any atom is 0.326 e. The molecule has 0 bridgehead atoms. The molecule has 192 valence electrons. The van der Waals surface area contributed by atoms with E-state index < -0.39 is 0 Å². The van der Waals surface area contributed by atoms with Crippen molar-refractivity contribution in [1.29, 1.82) is 0 Å². The molecule has 36 heavy (non-hydrogen) atoms. The van der Waals surface area contributed by atoms with Crippen LogP contribution in [-0.2, 0) is 5.54 Å². The fraction of sp³-hybridized carbons (Fsp3) is 0.633. The average Bonchev–Trinajstić information content (AvgIpc) is 3.50. The van der Waals surface area contributed by atoms with Gasteiger partial charge in [-0.25, -0.2) is 14.8 Å². The largest absolute Gasteiger partial charge is 0.326 e. The maximum absolute atomic E-state index is 14.0. The minimum atomic E-state index is -0.112. The molecule has 0 atom stereocenters. The Hall–Kier alpha value is -2.47. The van der Waals surface area contributed by atoms with Crippen molar-refractivity contribution < 1.29 is 4.79 Å². The SMILES string of the molecule is CN(C)[C@]1(c2ccccc2)CC[C@]2(CC1)CN(c1ccnc(C3CCCC3)n1)C(=O)N2CC1CCC1. The standard InChI is InChI=1S/C30H41N5O/c1-33(2)30(25-13-4-3-5-14-25)18-16-29(17-19-30)22-34(28(36)35(29)21-23-9-8-10-23)26-15-20-31-27(32-26)24-11-6-7-12-24/h3-5,13-15,20,23-24H,6-12,16-19,21-22H2,1-2H3/t29-,30+. The van der Waals surface area contributed by atoms with Crippen LogP contribution in [0.4, 0.5) is 10.6 Å². The molecule has 2 amide bonds. The van der Waals surface area contributed by atoms with Gasteiger partial charge in [0.25, 0.3) is 0 Å². The Morgan fingerprint density at radius 1 is 0.944 bits per heavy atom. The Balaban J connectivity index is 1.29. The molecule has 0 radical (unpaired) electrons. The number of aromatic nitrogens is 2. The van der Waals surface area contributed by atoms with Crippen molar-refractivity contribution in [2.75, 3.05) is 32.1 Å². The van der Waals surface area contributed by atoms with E-state index in [-0.39, 0.29) is 17.1 Å². The van der Waals surface area contributed by atoms with Crippen LogP contribution in [0.3, 0.4) is 0 Å². The van der Waals surface area contributed by atoms with Crippen LogP contribution in [0.25, 0.3) is 0 Å². The van der Waals surface area contributed by atoms with Crippen molar-refractivity contribution in [3.63, 3.8) is 0 Å². The molecular weight excluding hydrogens is 446 g/mol. The van der Waals surface area contributed by atoms with Gasteiger partial charge in [0, 0.05) is 24.2 Å². The lowest BCUT2D eigenvalue weighted by atomic mass is 9.68. The quantitative estimate of drug-likeness (QED) is 0.506. The summed E-state index contributed by atoms with van der Waals surface area (Å²) in [5.74, 6) is 2.84. The second kappa shape index (κ2) is 9.44. The molecule has 4 aliphatic rings. The summed E-state index contributed by atoms with van der Waals surface area (Å²) in [6.45, 7) is 1.65. The van der Waals surface area contributed by atoms with Gasteiger partial charge in [0.15, 0.2) is 0 Å². The Morgan fingerprint density at radius 3 is 2.31 bits per heavy atom. The molecule has 0 N–H and O–H groups in total. The fourth-order valence-corrected chi connectivity index (χ4v) is 7.37. The van der Waals surface area contributed by atoms with Gasteiger partial charge in [-0.05, 0) is 83.0 Å². The van der Waals surface area contributed by atoms with Crippen LogP contribution in [-0.4, -0.2) is 58.5 Å². The van der Waals surface area contributed by atoms with E-state index in [1.165, 1.54) is 50.5 Å². The molecule has 1 aromatic carbocycles. The highest BCUT2D eigenvalue weighted by atomic mass is 16.2. The predicted molar refractivity (Wildman–Crippen MR) is 143 cm³/mol. The highest BCUT2D eigenvalue weighted by Gasteiger charge is 2.55. The van der Waals surface area contributed by atoms with E-state index in [0.717, 1.165) is 50.4 Å². The minimum Gasteiger partial charge on any atom is -0.317 e. The zero-order valence-corrected chi connectivity index (χ0v) is 22.0. The molecule has 6 rings (SSSR count). The lowest BCUT2D eigenvalue weighted by Gasteiger charge is -2.51. The van der Waals surface area contributed by atoms with E-state index in [4.69, 9.17) is 4.98 Å². The van der Waals surface area contributed by atoms with Crippen molar-refractivity contribution >= 4 is 11.8 Å². The Labute approximate surface area is 216 Å². The molecule has 2 heterocycles. The Bertz CT molecular complexity index is 1070. The van der Waals surface area contributed by atoms with Crippen LogP contribution in [0.2, 0.25) is 0 Å². The predicted octanol–water partition coefficient (Wildman–Crippen LogP) is 5.95. The molecule has 3 saturated carbocycles. The molecule has 2 aromatic rings. The van der Waals surface area contributed by atoms with Gasteiger partial charge < -0.3 is 4.90 Å². The third kappa shape index (κ3) is 4.02. The normalized spacial score (nSPS) is 29.5. The fourth-order valence-electron chi connectivity index (χ4n) is 7.37. The van der Waals surface area contributed by atoms with Crippen LogP contribution < -0.4 is 4.90 Å². The van der Waals surface area contributed by atoms with E-state index in [1.807, 2.05) is 17.2 Å². The summed E-state index contributed by atoms with van der Waals surface area (Å²) in [4.78, 5) is 30.3. The topological polar surface area (TPSA) is 52.6 Å². The van der Waals surface area contributed by atoms with Crippen LogP contribution in [0.1, 0.15) is 87.9 Å². The summed E-state index contributed by atoms with van der Waals surface area (Å²) >= 11 is 0. The first kappa shape index (κ1) is 23.9. The Morgan fingerprint density at radius 2 is 1.67 bits per heavy atom. The van der Waals surface area contributed by atoms with Gasteiger partial charge in [-0.15, -0.1) is 0 Å². The van der Waals surface area contributed by atoms with Crippen molar-refractivity contribution in [1.82, 2.24) is 19.8 Å². The third-order valence-corrected chi connectivity index (χ3v) is 9.98. The van der Waals surface area contributed by atoms with Crippen molar-refractivity contribution in [3.05, 3.63) is 54.0 Å². The van der Waals surface area contributed by atoms with Crippen LogP contribution >= 0.6 is 0 Å². The van der Waals surface area contributed by atoms with E-state index in [2.05, 4.69) is 59.2 Å². The summed E-state index contributed by atoms with van der Waals surface area (Å²) in [6.07, 6.45) is 14.7. The van der Waals surface area contributed by atoms with E-state index in [9.17, 15) is 4.79 Å². The zero-order valence-electron chi connectivity index (χ0n) is 22.0. The molecule has 6 nitrogen and oxygen atoms in total.